The second-order valence-electron chi connectivity index (χ2n) is 4.44. The zero-order valence-electron chi connectivity index (χ0n) is 11.3. The Bertz CT molecular complexity index is 748. The van der Waals surface area contributed by atoms with Gasteiger partial charge in [0.1, 0.15) is 0 Å². The second kappa shape index (κ2) is 6.04. The Morgan fingerprint density at radius 2 is 2.04 bits per heavy atom. The number of hydrogen-bond acceptors (Lipinski definition) is 4. The summed E-state index contributed by atoms with van der Waals surface area (Å²) in [5.74, 6) is -0.419. The smallest absolute Gasteiger partial charge is 0.307 e. The van der Waals surface area contributed by atoms with Crippen molar-refractivity contribution in [2.24, 2.45) is 4.99 Å². The Kier molecular flexibility index (Phi) is 4.47. The Morgan fingerprint density at radius 1 is 1.35 bits per heavy atom. The number of aliphatic imine (C=N–C) groups is 1. The number of alkyl halides is 3. The molecule has 0 bridgehead atoms. The van der Waals surface area contributed by atoms with Crippen molar-refractivity contribution in [1.82, 2.24) is 9.62 Å². The maximum atomic E-state index is 12.6. The van der Waals surface area contributed by atoms with Crippen LogP contribution in [0.25, 0.3) is 0 Å². The molecule has 0 aromatic heterocycles. The highest BCUT2D eigenvalue weighted by Gasteiger charge is 2.31. The molecule has 126 valence electrons. The van der Waals surface area contributed by atoms with E-state index in [-0.39, 0.29) is 18.8 Å². The quantitative estimate of drug-likeness (QED) is 0.697. The molecule has 0 atom stereocenters. The van der Waals surface area contributed by atoms with Crippen LogP contribution in [-0.4, -0.2) is 43.0 Å². The Labute approximate surface area is 128 Å². The molecule has 0 spiro atoms. The first-order valence-electron chi connectivity index (χ1n) is 6.12. The Morgan fingerprint density at radius 3 is 2.65 bits per heavy atom. The van der Waals surface area contributed by atoms with Gasteiger partial charge in [0, 0.05) is 5.69 Å². The number of halogens is 3. The molecular weight excluding hydrogens is 341 g/mol. The van der Waals surface area contributed by atoms with E-state index in [9.17, 15) is 26.4 Å². The van der Waals surface area contributed by atoms with Crippen molar-refractivity contribution in [3.8, 4) is 0 Å². The van der Waals surface area contributed by atoms with Gasteiger partial charge in [0.15, 0.2) is 0 Å². The summed E-state index contributed by atoms with van der Waals surface area (Å²) in [5, 5.41) is 2.20. The summed E-state index contributed by atoms with van der Waals surface area (Å²) in [7, 11) is -4.62. The standard InChI is InChI=1S/C11H11F3N4O4S/c12-11(13,14)7-2-1-3-8(6-7)16-10(19)18-5-4-15-9(18)17-23(20,21)22/h1-3,6H,4-5H2,(H,15,17)(H,16,19)(H,20,21,22). The molecular formula is C11H11F3N4O4S. The normalized spacial score (nSPS) is 15.3. The first-order valence-corrected chi connectivity index (χ1v) is 7.56. The molecule has 2 rings (SSSR count). The molecule has 8 nitrogen and oxygen atoms in total. The fourth-order valence-electron chi connectivity index (χ4n) is 1.81. The second-order valence-corrected chi connectivity index (χ2v) is 5.60. The summed E-state index contributed by atoms with van der Waals surface area (Å²) < 4.78 is 69.6. The van der Waals surface area contributed by atoms with E-state index in [0.29, 0.717) is 0 Å². The maximum Gasteiger partial charge on any atom is 0.416 e. The van der Waals surface area contributed by atoms with E-state index in [1.165, 1.54) is 6.07 Å². The molecule has 0 saturated carbocycles. The Balaban J connectivity index is 2.12. The van der Waals surface area contributed by atoms with Gasteiger partial charge in [-0.2, -0.15) is 21.6 Å². The fourth-order valence-corrected chi connectivity index (χ4v) is 2.22. The topological polar surface area (TPSA) is 111 Å². The number of hydrogen-bond donors (Lipinski definition) is 3. The summed E-state index contributed by atoms with van der Waals surface area (Å²) in [4.78, 5) is 16.5. The Hall–Kier alpha value is -2.34. The number of rotatable bonds is 2. The van der Waals surface area contributed by atoms with Crippen LogP contribution in [0, 0.1) is 0 Å². The van der Waals surface area contributed by atoms with Crippen molar-refractivity contribution in [3.05, 3.63) is 29.8 Å². The molecule has 0 saturated heterocycles. The molecule has 1 heterocycles. The summed E-state index contributed by atoms with van der Waals surface area (Å²) in [6.45, 7) is 0.0799. The number of amides is 2. The van der Waals surface area contributed by atoms with E-state index < -0.39 is 34.0 Å². The van der Waals surface area contributed by atoms with Crippen molar-refractivity contribution in [3.63, 3.8) is 0 Å². The minimum Gasteiger partial charge on any atom is -0.307 e. The van der Waals surface area contributed by atoms with Crippen molar-refractivity contribution in [1.29, 1.82) is 0 Å². The van der Waals surface area contributed by atoms with Crippen LogP contribution in [0.5, 0.6) is 0 Å². The van der Waals surface area contributed by atoms with Crippen molar-refractivity contribution >= 4 is 28.0 Å². The van der Waals surface area contributed by atoms with E-state index in [2.05, 4.69) is 10.3 Å². The van der Waals surface area contributed by atoms with Gasteiger partial charge in [-0.05, 0) is 18.2 Å². The highest BCUT2D eigenvalue weighted by molar-refractivity contribution is 7.84. The van der Waals surface area contributed by atoms with Crippen molar-refractivity contribution in [2.75, 3.05) is 18.4 Å². The van der Waals surface area contributed by atoms with Gasteiger partial charge < -0.3 is 5.32 Å². The summed E-state index contributed by atoms with van der Waals surface area (Å²) in [6.07, 6.45) is -4.56. The molecule has 1 aliphatic rings. The minimum absolute atomic E-state index is 0.00263. The summed E-state index contributed by atoms with van der Waals surface area (Å²) in [5.41, 5.74) is -1.07. The van der Waals surface area contributed by atoms with E-state index in [4.69, 9.17) is 4.55 Å². The lowest BCUT2D eigenvalue weighted by molar-refractivity contribution is -0.137. The van der Waals surface area contributed by atoms with Crippen molar-refractivity contribution < 1.29 is 30.9 Å². The number of anilines is 1. The number of nitrogens with zero attached hydrogens (tertiary/aromatic N) is 2. The van der Waals surface area contributed by atoms with Crippen LogP contribution in [0.3, 0.4) is 0 Å². The number of benzene rings is 1. The highest BCUT2D eigenvalue weighted by Crippen LogP contribution is 2.30. The lowest BCUT2D eigenvalue weighted by Gasteiger charge is -2.19. The predicted molar refractivity (Wildman–Crippen MR) is 74.2 cm³/mol. The minimum atomic E-state index is -4.62. The van der Waals surface area contributed by atoms with E-state index >= 15 is 0 Å². The molecule has 1 aliphatic heterocycles. The number of carbonyl (C=O) groups is 1. The summed E-state index contributed by atoms with van der Waals surface area (Å²) >= 11 is 0. The lowest BCUT2D eigenvalue weighted by atomic mass is 10.2. The fraction of sp³-hybridized carbons (Fsp3) is 0.273. The molecule has 1 aromatic carbocycles. The first kappa shape index (κ1) is 17.0. The van der Waals surface area contributed by atoms with Crippen LogP contribution in [0.15, 0.2) is 29.3 Å². The predicted octanol–water partition coefficient (Wildman–Crippen LogP) is 1.30. The number of guanidine groups is 1. The third-order valence-corrected chi connectivity index (χ3v) is 3.19. The maximum absolute atomic E-state index is 12.6. The van der Waals surface area contributed by atoms with Gasteiger partial charge in [-0.15, -0.1) is 0 Å². The molecule has 0 fully saturated rings. The van der Waals surface area contributed by atoms with Gasteiger partial charge in [0.25, 0.3) is 0 Å². The summed E-state index contributed by atoms with van der Waals surface area (Å²) in [6, 6.07) is 3.06. The van der Waals surface area contributed by atoms with E-state index in [1.807, 2.05) is 0 Å². The average molecular weight is 352 g/mol. The van der Waals surface area contributed by atoms with Gasteiger partial charge in [-0.1, -0.05) is 6.07 Å². The average Bonchev–Trinajstić information content (AvgIpc) is 2.84. The third-order valence-electron chi connectivity index (χ3n) is 2.75. The van der Waals surface area contributed by atoms with Gasteiger partial charge in [0.05, 0.1) is 18.7 Å². The monoisotopic (exact) mass is 352 g/mol. The van der Waals surface area contributed by atoms with Crippen LogP contribution in [-0.2, 0) is 16.5 Å². The lowest BCUT2D eigenvalue weighted by Crippen LogP contribution is -2.46. The largest absolute Gasteiger partial charge is 0.416 e. The van der Waals surface area contributed by atoms with Crippen LogP contribution in [0.4, 0.5) is 23.7 Å². The molecule has 2 amide bonds. The molecule has 12 heteroatoms. The zero-order chi connectivity index (χ0) is 17.3. The molecule has 23 heavy (non-hydrogen) atoms. The number of urea groups is 1. The van der Waals surface area contributed by atoms with E-state index in [0.717, 1.165) is 23.1 Å². The van der Waals surface area contributed by atoms with Gasteiger partial charge in [-0.3, -0.25) is 9.45 Å². The van der Waals surface area contributed by atoms with Gasteiger partial charge in [-0.25, -0.2) is 14.5 Å². The molecule has 3 N–H and O–H groups in total. The van der Waals surface area contributed by atoms with Crippen LogP contribution in [0.1, 0.15) is 5.56 Å². The van der Waals surface area contributed by atoms with Crippen molar-refractivity contribution in [2.45, 2.75) is 6.18 Å². The molecule has 0 radical (unpaired) electrons. The van der Waals surface area contributed by atoms with Gasteiger partial charge in [0.2, 0.25) is 5.96 Å². The van der Waals surface area contributed by atoms with Crippen LogP contribution in [0.2, 0.25) is 0 Å². The third kappa shape index (κ3) is 4.56. The number of nitrogens with one attached hydrogen (secondary N) is 2. The van der Waals surface area contributed by atoms with E-state index in [1.54, 1.807) is 4.72 Å². The number of carbonyl (C=O) groups excluding carboxylic acids is 1. The zero-order valence-corrected chi connectivity index (χ0v) is 12.1. The molecule has 0 unspecified atom stereocenters. The van der Waals surface area contributed by atoms with Crippen LogP contribution >= 0.6 is 0 Å². The SMILES string of the molecule is O=C(Nc1cccc(C(F)(F)F)c1)N1CCN=C1NS(=O)(=O)O. The van der Waals surface area contributed by atoms with Gasteiger partial charge >= 0.3 is 22.5 Å². The van der Waals surface area contributed by atoms with Crippen LogP contribution < -0.4 is 10.0 Å². The highest BCUT2D eigenvalue weighted by atomic mass is 32.2. The molecule has 1 aromatic rings. The first-order chi connectivity index (χ1) is 10.6. The molecule has 0 aliphatic carbocycles.